The molecule has 0 spiro atoms. The summed E-state index contributed by atoms with van der Waals surface area (Å²) in [7, 11) is 1.84. The molecule has 2 aromatic rings. The molecule has 2 nitrogen and oxygen atoms in total. The molecule has 0 fully saturated rings. The average Bonchev–Trinajstić information content (AvgIpc) is 2.52. The number of hydrogen-bond acceptors (Lipinski definition) is 1. The summed E-state index contributed by atoms with van der Waals surface area (Å²) in [6.45, 7) is 8.93. The highest BCUT2D eigenvalue weighted by Crippen LogP contribution is 2.32. The summed E-state index contributed by atoms with van der Waals surface area (Å²) in [6, 6.07) is 16.8. The van der Waals surface area contributed by atoms with Crippen LogP contribution in [0.4, 0.5) is 5.69 Å². The highest BCUT2D eigenvalue weighted by molar-refractivity contribution is 6.09. The lowest BCUT2D eigenvalue weighted by Crippen LogP contribution is -2.17. The first-order valence-electron chi connectivity index (χ1n) is 7.96. The predicted molar refractivity (Wildman–Crippen MR) is 97.1 cm³/mol. The van der Waals surface area contributed by atoms with Crippen molar-refractivity contribution in [1.82, 2.24) is 0 Å². The number of amidine groups is 1. The number of rotatable bonds is 4. The topological polar surface area (TPSA) is 24.4 Å². The van der Waals surface area contributed by atoms with E-state index in [1.165, 1.54) is 16.8 Å². The smallest absolute Gasteiger partial charge is 0.132 e. The molecule has 0 aromatic heterocycles. The van der Waals surface area contributed by atoms with Crippen molar-refractivity contribution < 1.29 is 0 Å². The van der Waals surface area contributed by atoms with E-state index < -0.39 is 0 Å². The van der Waals surface area contributed by atoms with Crippen molar-refractivity contribution in [2.75, 3.05) is 12.4 Å². The molecule has 0 amide bonds. The van der Waals surface area contributed by atoms with E-state index in [0.29, 0.717) is 11.8 Å². The lowest BCUT2D eigenvalue weighted by Gasteiger charge is -2.21. The van der Waals surface area contributed by atoms with Gasteiger partial charge in [0.15, 0.2) is 0 Å². The number of aliphatic imine (C=N–C) groups is 1. The van der Waals surface area contributed by atoms with Crippen LogP contribution in [-0.2, 0) is 0 Å². The van der Waals surface area contributed by atoms with Gasteiger partial charge in [0.05, 0.1) is 0 Å². The second-order valence-electron chi connectivity index (χ2n) is 6.18. The third kappa shape index (κ3) is 3.56. The maximum Gasteiger partial charge on any atom is 0.132 e. The van der Waals surface area contributed by atoms with Gasteiger partial charge in [-0.1, -0.05) is 76.2 Å². The summed E-state index contributed by atoms with van der Waals surface area (Å²) < 4.78 is 0. The molecule has 22 heavy (non-hydrogen) atoms. The van der Waals surface area contributed by atoms with Crippen LogP contribution in [0.15, 0.2) is 53.5 Å². The third-order valence-electron chi connectivity index (χ3n) is 3.89. The molecule has 0 aliphatic carbocycles. The highest BCUT2D eigenvalue weighted by atomic mass is 15.0. The molecular formula is C20H26N2. The summed E-state index contributed by atoms with van der Waals surface area (Å²) in [5.41, 5.74) is 4.99. The molecule has 116 valence electrons. The van der Waals surface area contributed by atoms with Crippen molar-refractivity contribution >= 4 is 11.5 Å². The fourth-order valence-electron chi connectivity index (χ4n) is 2.67. The van der Waals surface area contributed by atoms with Crippen LogP contribution in [0, 0.1) is 0 Å². The Balaban J connectivity index is 2.47. The average molecular weight is 294 g/mol. The fourth-order valence-corrected chi connectivity index (χ4v) is 2.67. The largest absolute Gasteiger partial charge is 0.340 e. The van der Waals surface area contributed by atoms with Crippen molar-refractivity contribution in [3.63, 3.8) is 0 Å². The molecule has 2 heteroatoms. The molecule has 0 saturated carbocycles. The summed E-state index contributed by atoms with van der Waals surface area (Å²) in [5, 5.41) is 3.59. The zero-order chi connectivity index (χ0) is 16.1. The Kier molecular flexibility index (Phi) is 5.37. The maximum atomic E-state index is 4.46. The molecule has 2 rings (SSSR count). The SMILES string of the molecule is CN=C(Nc1c(C(C)C)cccc1C(C)C)c1ccccc1. The minimum atomic E-state index is 0.468. The van der Waals surface area contributed by atoms with Crippen LogP contribution in [0.1, 0.15) is 56.2 Å². The number of anilines is 1. The van der Waals surface area contributed by atoms with Crippen molar-refractivity contribution in [3.05, 3.63) is 65.2 Å². The molecule has 0 atom stereocenters. The van der Waals surface area contributed by atoms with E-state index in [4.69, 9.17) is 0 Å². The van der Waals surface area contributed by atoms with Gasteiger partial charge in [0.2, 0.25) is 0 Å². The van der Waals surface area contributed by atoms with E-state index in [-0.39, 0.29) is 0 Å². The molecular weight excluding hydrogens is 268 g/mol. The first-order valence-corrected chi connectivity index (χ1v) is 7.96. The van der Waals surface area contributed by atoms with Gasteiger partial charge in [-0.3, -0.25) is 4.99 Å². The Bertz CT molecular complexity index is 614. The van der Waals surface area contributed by atoms with Crippen molar-refractivity contribution in [3.8, 4) is 0 Å². The number of hydrogen-bond donors (Lipinski definition) is 1. The number of benzene rings is 2. The van der Waals surface area contributed by atoms with E-state index in [2.05, 4.69) is 68.3 Å². The van der Waals surface area contributed by atoms with E-state index in [1.807, 2.05) is 25.2 Å². The summed E-state index contributed by atoms with van der Waals surface area (Å²) in [6.07, 6.45) is 0. The Hall–Kier alpha value is -2.09. The number of nitrogens with zero attached hydrogens (tertiary/aromatic N) is 1. The molecule has 0 bridgehead atoms. The van der Waals surface area contributed by atoms with Gasteiger partial charge in [0.25, 0.3) is 0 Å². The zero-order valence-electron chi connectivity index (χ0n) is 14.2. The van der Waals surface area contributed by atoms with E-state index in [1.54, 1.807) is 0 Å². The van der Waals surface area contributed by atoms with Crippen LogP contribution in [0.2, 0.25) is 0 Å². The van der Waals surface area contributed by atoms with Gasteiger partial charge >= 0.3 is 0 Å². The van der Waals surface area contributed by atoms with Crippen LogP contribution < -0.4 is 5.32 Å². The first-order chi connectivity index (χ1) is 10.5. The Labute approximate surface area is 134 Å². The number of para-hydroxylation sites is 1. The monoisotopic (exact) mass is 294 g/mol. The minimum Gasteiger partial charge on any atom is -0.340 e. The lowest BCUT2D eigenvalue weighted by atomic mass is 9.92. The van der Waals surface area contributed by atoms with Crippen LogP contribution in [0.5, 0.6) is 0 Å². The van der Waals surface area contributed by atoms with Crippen molar-refractivity contribution in [2.24, 2.45) is 4.99 Å². The van der Waals surface area contributed by atoms with Crippen LogP contribution in [0.25, 0.3) is 0 Å². The molecule has 0 radical (unpaired) electrons. The van der Waals surface area contributed by atoms with Gasteiger partial charge in [0.1, 0.15) is 5.84 Å². The highest BCUT2D eigenvalue weighted by Gasteiger charge is 2.15. The molecule has 0 aliphatic heterocycles. The molecule has 0 unspecified atom stereocenters. The second kappa shape index (κ2) is 7.26. The lowest BCUT2D eigenvalue weighted by molar-refractivity contribution is 0.839. The molecule has 2 aromatic carbocycles. The quantitative estimate of drug-likeness (QED) is 0.590. The molecule has 0 heterocycles. The Morgan fingerprint density at radius 2 is 1.36 bits per heavy atom. The van der Waals surface area contributed by atoms with Gasteiger partial charge in [-0.2, -0.15) is 0 Å². The summed E-state index contributed by atoms with van der Waals surface area (Å²) in [5.74, 6) is 1.85. The summed E-state index contributed by atoms with van der Waals surface area (Å²) >= 11 is 0. The Morgan fingerprint density at radius 1 is 0.818 bits per heavy atom. The van der Waals surface area contributed by atoms with Gasteiger partial charge in [-0.15, -0.1) is 0 Å². The standard InChI is InChI=1S/C20H26N2/c1-14(2)17-12-9-13-18(15(3)4)19(17)22-20(21-5)16-10-7-6-8-11-16/h6-15H,1-5H3,(H,21,22). The normalized spacial score (nSPS) is 12.0. The first kappa shape index (κ1) is 16.3. The zero-order valence-corrected chi connectivity index (χ0v) is 14.2. The number of nitrogens with one attached hydrogen (secondary N) is 1. The van der Waals surface area contributed by atoms with Crippen LogP contribution in [0.3, 0.4) is 0 Å². The van der Waals surface area contributed by atoms with Crippen LogP contribution >= 0.6 is 0 Å². The van der Waals surface area contributed by atoms with Gasteiger partial charge in [-0.05, 0) is 23.0 Å². The molecule has 1 N–H and O–H groups in total. The Morgan fingerprint density at radius 3 is 1.82 bits per heavy atom. The minimum absolute atomic E-state index is 0.468. The fraction of sp³-hybridized carbons (Fsp3) is 0.350. The van der Waals surface area contributed by atoms with Crippen molar-refractivity contribution in [1.29, 1.82) is 0 Å². The van der Waals surface area contributed by atoms with Gasteiger partial charge < -0.3 is 5.32 Å². The van der Waals surface area contributed by atoms with Gasteiger partial charge in [-0.25, -0.2) is 0 Å². The molecule has 0 aliphatic rings. The van der Waals surface area contributed by atoms with E-state index >= 15 is 0 Å². The maximum absolute atomic E-state index is 4.46. The third-order valence-corrected chi connectivity index (χ3v) is 3.89. The molecule has 0 saturated heterocycles. The predicted octanol–water partition coefficient (Wildman–Crippen LogP) is 5.42. The van der Waals surface area contributed by atoms with E-state index in [9.17, 15) is 0 Å². The van der Waals surface area contributed by atoms with Crippen LogP contribution in [-0.4, -0.2) is 12.9 Å². The van der Waals surface area contributed by atoms with Crippen molar-refractivity contribution in [2.45, 2.75) is 39.5 Å². The summed E-state index contributed by atoms with van der Waals surface area (Å²) in [4.78, 5) is 4.46. The second-order valence-corrected chi connectivity index (χ2v) is 6.18. The van der Waals surface area contributed by atoms with Gasteiger partial charge in [0, 0.05) is 18.3 Å². The van der Waals surface area contributed by atoms with E-state index in [0.717, 1.165) is 11.4 Å².